The predicted molar refractivity (Wildman–Crippen MR) is 58.2 cm³/mol. The molecule has 0 aliphatic rings. The summed E-state index contributed by atoms with van der Waals surface area (Å²) < 4.78 is 27.5. The van der Waals surface area contributed by atoms with Crippen LogP contribution in [0, 0.1) is 11.6 Å². The van der Waals surface area contributed by atoms with Gasteiger partial charge in [0.1, 0.15) is 18.0 Å². The number of hydrogen-bond acceptors (Lipinski definition) is 3. The Balaban J connectivity index is 2.13. The number of rotatable bonds is 4. The minimum absolute atomic E-state index is 0.297. The number of hydrogen-bond donors (Lipinski definition) is 1. The number of nitrogens with one attached hydrogen (secondary N) is 1. The molecule has 4 nitrogen and oxygen atoms in total. The molecule has 0 aliphatic heterocycles. The van der Waals surface area contributed by atoms with Crippen LogP contribution in [0.4, 0.5) is 8.78 Å². The van der Waals surface area contributed by atoms with Crippen molar-refractivity contribution in [1.29, 1.82) is 0 Å². The zero-order chi connectivity index (χ0) is 12.3. The summed E-state index contributed by atoms with van der Waals surface area (Å²) in [6, 6.07) is 3.41. The van der Waals surface area contributed by atoms with E-state index in [0.29, 0.717) is 24.5 Å². The normalized spacial score (nSPS) is 10.8. The maximum absolute atomic E-state index is 13.0. The van der Waals surface area contributed by atoms with E-state index < -0.39 is 11.6 Å². The molecule has 0 amide bonds. The SMILES string of the molecule is CNCc1ncn(Cc2cc(F)cc(F)c2)n1. The van der Waals surface area contributed by atoms with Gasteiger partial charge in [-0.2, -0.15) is 5.10 Å². The van der Waals surface area contributed by atoms with Gasteiger partial charge in [0.05, 0.1) is 13.1 Å². The highest BCUT2D eigenvalue weighted by molar-refractivity contribution is 5.17. The van der Waals surface area contributed by atoms with Gasteiger partial charge in [0, 0.05) is 6.07 Å². The Morgan fingerprint density at radius 3 is 2.59 bits per heavy atom. The van der Waals surface area contributed by atoms with Crippen LogP contribution in [0.5, 0.6) is 0 Å². The predicted octanol–water partition coefficient (Wildman–Crippen LogP) is 1.32. The first-order chi connectivity index (χ1) is 8.17. The molecule has 6 heteroatoms. The van der Waals surface area contributed by atoms with E-state index in [4.69, 9.17) is 0 Å². The summed E-state index contributed by atoms with van der Waals surface area (Å²) in [5.74, 6) is -0.532. The molecule has 0 spiro atoms. The molecule has 0 unspecified atom stereocenters. The lowest BCUT2D eigenvalue weighted by Crippen LogP contribution is -2.08. The Morgan fingerprint density at radius 1 is 1.24 bits per heavy atom. The topological polar surface area (TPSA) is 42.7 Å². The second kappa shape index (κ2) is 5.01. The molecule has 17 heavy (non-hydrogen) atoms. The van der Waals surface area contributed by atoms with Crippen molar-refractivity contribution in [2.75, 3.05) is 7.05 Å². The van der Waals surface area contributed by atoms with Gasteiger partial charge in [0.2, 0.25) is 0 Å². The molecule has 0 saturated carbocycles. The molecular weight excluding hydrogens is 226 g/mol. The van der Waals surface area contributed by atoms with Crippen molar-refractivity contribution in [2.45, 2.75) is 13.1 Å². The maximum atomic E-state index is 13.0. The van der Waals surface area contributed by atoms with Gasteiger partial charge in [0.25, 0.3) is 0 Å². The van der Waals surface area contributed by atoms with E-state index in [0.717, 1.165) is 6.07 Å². The number of benzene rings is 1. The van der Waals surface area contributed by atoms with Gasteiger partial charge in [-0.1, -0.05) is 0 Å². The highest BCUT2D eigenvalue weighted by Crippen LogP contribution is 2.09. The van der Waals surface area contributed by atoms with Gasteiger partial charge >= 0.3 is 0 Å². The van der Waals surface area contributed by atoms with Gasteiger partial charge in [-0.3, -0.25) is 0 Å². The quantitative estimate of drug-likeness (QED) is 0.873. The van der Waals surface area contributed by atoms with Crippen molar-refractivity contribution >= 4 is 0 Å². The molecule has 1 aromatic carbocycles. The zero-order valence-corrected chi connectivity index (χ0v) is 9.32. The third-order valence-electron chi connectivity index (χ3n) is 2.19. The van der Waals surface area contributed by atoms with E-state index in [2.05, 4.69) is 15.4 Å². The fourth-order valence-corrected chi connectivity index (χ4v) is 1.54. The summed E-state index contributed by atoms with van der Waals surface area (Å²) >= 11 is 0. The van der Waals surface area contributed by atoms with Crippen LogP contribution in [0.2, 0.25) is 0 Å². The van der Waals surface area contributed by atoms with Gasteiger partial charge in [-0.15, -0.1) is 0 Å². The molecule has 0 atom stereocenters. The fraction of sp³-hybridized carbons (Fsp3) is 0.273. The minimum Gasteiger partial charge on any atom is -0.313 e. The van der Waals surface area contributed by atoms with Crippen LogP contribution >= 0.6 is 0 Å². The summed E-state index contributed by atoms with van der Waals surface area (Å²) in [6.45, 7) is 0.857. The van der Waals surface area contributed by atoms with Crippen molar-refractivity contribution < 1.29 is 8.78 Å². The summed E-state index contributed by atoms with van der Waals surface area (Å²) in [7, 11) is 1.79. The van der Waals surface area contributed by atoms with E-state index >= 15 is 0 Å². The molecule has 0 saturated heterocycles. The molecule has 0 fully saturated rings. The van der Waals surface area contributed by atoms with Crippen LogP contribution in [-0.4, -0.2) is 21.8 Å². The molecular formula is C11H12F2N4. The fourth-order valence-electron chi connectivity index (χ4n) is 1.54. The molecule has 2 aromatic rings. The standard InChI is InChI=1S/C11H12F2N4/c1-14-5-11-15-7-17(16-11)6-8-2-9(12)4-10(13)3-8/h2-4,7,14H,5-6H2,1H3. The second-order valence-electron chi connectivity index (χ2n) is 3.67. The van der Waals surface area contributed by atoms with Crippen LogP contribution < -0.4 is 5.32 Å². The molecule has 90 valence electrons. The average Bonchev–Trinajstić information content (AvgIpc) is 2.64. The Labute approximate surface area is 97.3 Å². The Kier molecular flexibility index (Phi) is 3.43. The lowest BCUT2D eigenvalue weighted by atomic mass is 10.2. The smallest absolute Gasteiger partial charge is 0.164 e. The monoisotopic (exact) mass is 238 g/mol. The number of nitrogens with zero attached hydrogens (tertiary/aromatic N) is 3. The molecule has 1 aromatic heterocycles. The summed E-state index contributed by atoms with van der Waals surface area (Å²) in [6.07, 6.45) is 1.54. The summed E-state index contributed by atoms with van der Waals surface area (Å²) in [5, 5.41) is 7.07. The van der Waals surface area contributed by atoms with Crippen LogP contribution in [0.1, 0.15) is 11.4 Å². The third-order valence-corrected chi connectivity index (χ3v) is 2.19. The zero-order valence-electron chi connectivity index (χ0n) is 9.32. The number of halogens is 2. The first kappa shape index (κ1) is 11.7. The van der Waals surface area contributed by atoms with Gasteiger partial charge in [-0.25, -0.2) is 18.4 Å². The highest BCUT2D eigenvalue weighted by atomic mass is 19.1. The molecule has 0 radical (unpaired) electrons. The Hall–Kier alpha value is -1.82. The molecule has 0 bridgehead atoms. The molecule has 1 N–H and O–H groups in total. The Morgan fingerprint density at radius 2 is 1.94 bits per heavy atom. The summed E-state index contributed by atoms with van der Waals surface area (Å²) in [4.78, 5) is 4.05. The van der Waals surface area contributed by atoms with Crippen LogP contribution in [0.25, 0.3) is 0 Å². The highest BCUT2D eigenvalue weighted by Gasteiger charge is 2.04. The van der Waals surface area contributed by atoms with Crippen molar-refractivity contribution in [3.05, 3.63) is 47.5 Å². The van der Waals surface area contributed by atoms with Crippen molar-refractivity contribution in [3.63, 3.8) is 0 Å². The molecule has 2 rings (SSSR count). The van der Waals surface area contributed by atoms with E-state index in [1.54, 1.807) is 11.7 Å². The first-order valence-corrected chi connectivity index (χ1v) is 5.15. The summed E-state index contributed by atoms with van der Waals surface area (Å²) in [5.41, 5.74) is 0.517. The first-order valence-electron chi connectivity index (χ1n) is 5.15. The van der Waals surface area contributed by atoms with Crippen LogP contribution in [0.3, 0.4) is 0 Å². The van der Waals surface area contributed by atoms with E-state index in [1.807, 2.05) is 0 Å². The van der Waals surface area contributed by atoms with E-state index in [1.165, 1.54) is 18.5 Å². The maximum Gasteiger partial charge on any atom is 0.164 e. The van der Waals surface area contributed by atoms with Crippen molar-refractivity contribution in [1.82, 2.24) is 20.1 Å². The molecule has 0 aliphatic carbocycles. The number of aromatic nitrogens is 3. The van der Waals surface area contributed by atoms with E-state index in [-0.39, 0.29) is 0 Å². The van der Waals surface area contributed by atoms with Crippen LogP contribution in [-0.2, 0) is 13.1 Å². The Bertz CT molecular complexity index is 490. The van der Waals surface area contributed by atoms with Crippen LogP contribution in [0.15, 0.2) is 24.5 Å². The lowest BCUT2D eigenvalue weighted by molar-refractivity contribution is 0.573. The van der Waals surface area contributed by atoms with E-state index in [9.17, 15) is 8.78 Å². The second-order valence-corrected chi connectivity index (χ2v) is 3.67. The third kappa shape index (κ3) is 3.07. The van der Waals surface area contributed by atoms with Crippen molar-refractivity contribution in [3.8, 4) is 0 Å². The van der Waals surface area contributed by atoms with Gasteiger partial charge < -0.3 is 5.32 Å². The van der Waals surface area contributed by atoms with Gasteiger partial charge in [0.15, 0.2) is 5.82 Å². The molecule has 1 heterocycles. The van der Waals surface area contributed by atoms with Gasteiger partial charge in [-0.05, 0) is 24.7 Å². The van der Waals surface area contributed by atoms with Crippen molar-refractivity contribution in [2.24, 2.45) is 0 Å². The lowest BCUT2D eigenvalue weighted by Gasteiger charge is -2.01. The largest absolute Gasteiger partial charge is 0.313 e. The minimum atomic E-state index is -0.587. The average molecular weight is 238 g/mol.